The zero-order chi connectivity index (χ0) is 28.7. The molecule has 0 unspecified atom stereocenters. The molecule has 0 aliphatic carbocycles. The topological polar surface area (TPSA) is 78.9 Å². The van der Waals surface area contributed by atoms with Gasteiger partial charge >= 0.3 is 17.9 Å². The van der Waals surface area contributed by atoms with Crippen molar-refractivity contribution in [2.75, 3.05) is 0 Å². The fraction of sp³-hybridized carbons (Fsp3) is 0.382. The standard InChI is InChI=1S/C34H38O6/c1-5-7-9-15-31(35)38-29-21-25(19-17-23(29)3)34(28-14-12-11-13-27(28)33(37)40-34)26-20-18-24(4)30(22-26)39-32(36)16-10-8-6-2/h11-14,17-22H,5-10,15-16H2,1-4H3. The first-order valence-electron chi connectivity index (χ1n) is 14.3. The summed E-state index contributed by atoms with van der Waals surface area (Å²) in [5.41, 5.74) is 2.68. The van der Waals surface area contributed by atoms with E-state index in [1.807, 2.05) is 50.2 Å². The lowest BCUT2D eigenvalue weighted by Crippen LogP contribution is -2.30. The van der Waals surface area contributed by atoms with Crippen molar-refractivity contribution >= 4 is 17.9 Å². The zero-order valence-electron chi connectivity index (χ0n) is 23.9. The molecular weight excluding hydrogens is 504 g/mol. The van der Waals surface area contributed by atoms with E-state index in [0.29, 0.717) is 46.6 Å². The van der Waals surface area contributed by atoms with Crippen LogP contribution in [0.5, 0.6) is 11.5 Å². The van der Waals surface area contributed by atoms with Gasteiger partial charge in [-0.2, -0.15) is 0 Å². The predicted molar refractivity (Wildman–Crippen MR) is 154 cm³/mol. The van der Waals surface area contributed by atoms with Crippen molar-refractivity contribution in [3.63, 3.8) is 0 Å². The first-order chi connectivity index (χ1) is 19.3. The van der Waals surface area contributed by atoms with Gasteiger partial charge in [-0.25, -0.2) is 4.79 Å². The lowest BCUT2D eigenvalue weighted by molar-refractivity contribution is -0.135. The minimum Gasteiger partial charge on any atom is -0.441 e. The summed E-state index contributed by atoms with van der Waals surface area (Å²) in [6.07, 6.45) is 6.17. The molecule has 1 aliphatic rings. The van der Waals surface area contributed by atoms with Crippen molar-refractivity contribution in [1.82, 2.24) is 0 Å². The number of hydrogen-bond donors (Lipinski definition) is 0. The number of unbranched alkanes of at least 4 members (excludes halogenated alkanes) is 4. The molecule has 0 amide bonds. The predicted octanol–water partition coefficient (Wildman–Crippen LogP) is 7.74. The minimum absolute atomic E-state index is 0.292. The Morgan fingerprint density at radius 1 is 0.725 bits per heavy atom. The third-order valence-corrected chi connectivity index (χ3v) is 7.38. The van der Waals surface area contributed by atoms with Crippen LogP contribution in [0.3, 0.4) is 0 Å². The second-order valence-corrected chi connectivity index (χ2v) is 10.4. The Bertz CT molecular complexity index is 1320. The van der Waals surface area contributed by atoms with Crippen LogP contribution < -0.4 is 9.47 Å². The third kappa shape index (κ3) is 6.11. The fourth-order valence-corrected chi connectivity index (χ4v) is 5.06. The Labute approximate surface area is 236 Å². The molecule has 0 spiro atoms. The molecule has 0 atom stereocenters. The summed E-state index contributed by atoms with van der Waals surface area (Å²) in [6, 6.07) is 18.3. The van der Waals surface area contributed by atoms with Crippen LogP contribution in [-0.4, -0.2) is 17.9 Å². The first-order valence-corrected chi connectivity index (χ1v) is 14.3. The maximum absolute atomic E-state index is 13.2. The highest BCUT2D eigenvalue weighted by atomic mass is 16.6. The van der Waals surface area contributed by atoms with Crippen LogP contribution in [0.2, 0.25) is 0 Å². The summed E-state index contributed by atoms with van der Waals surface area (Å²) in [4.78, 5) is 38.4. The van der Waals surface area contributed by atoms with Crippen LogP contribution in [0.4, 0.5) is 0 Å². The van der Waals surface area contributed by atoms with Gasteiger partial charge in [-0.3, -0.25) is 9.59 Å². The van der Waals surface area contributed by atoms with Crippen LogP contribution in [0.25, 0.3) is 0 Å². The Kier molecular flexibility index (Phi) is 9.41. The fourth-order valence-electron chi connectivity index (χ4n) is 5.06. The highest BCUT2D eigenvalue weighted by Crippen LogP contribution is 2.48. The third-order valence-electron chi connectivity index (χ3n) is 7.38. The van der Waals surface area contributed by atoms with Gasteiger partial charge in [0, 0.05) is 29.5 Å². The SMILES string of the molecule is CCCCCC(=O)Oc1cc(C2(c3ccc(C)c(OC(=O)CCCCC)c3)OC(=O)c3ccccc32)ccc1C. The van der Waals surface area contributed by atoms with Crippen molar-refractivity contribution < 1.29 is 28.6 Å². The molecule has 210 valence electrons. The monoisotopic (exact) mass is 542 g/mol. The summed E-state index contributed by atoms with van der Waals surface area (Å²) in [5, 5.41) is 0. The molecule has 3 aromatic rings. The molecule has 4 rings (SSSR count). The number of carbonyl (C=O) groups excluding carboxylic acids is 3. The Hall–Kier alpha value is -3.93. The molecule has 1 aliphatic heterocycles. The van der Waals surface area contributed by atoms with Crippen molar-refractivity contribution in [2.24, 2.45) is 0 Å². The number of benzene rings is 3. The number of carbonyl (C=O) groups is 3. The van der Waals surface area contributed by atoms with Crippen molar-refractivity contribution in [2.45, 2.75) is 84.7 Å². The number of aryl methyl sites for hydroxylation is 2. The van der Waals surface area contributed by atoms with Gasteiger partial charge in [-0.1, -0.05) is 82.0 Å². The Morgan fingerprint density at radius 2 is 1.23 bits per heavy atom. The lowest BCUT2D eigenvalue weighted by Gasteiger charge is -2.31. The smallest absolute Gasteiger partial charge is 0.340 e. The largest absolute Gasteiger partial charge is 0.441 e. The number of fused-ring (bicyclic) bond motifs is 1. The quantitative estimate of drug-likeness (QED) is 0.132. The van der Waals surface area contributed by atoms with E-state index in [-0.39, 0.29) is 11.9 Å². The molecule has 0 aromatic heterocycles. The summed E-state index contributed by atoms with van der Waals surface area (Å²) in [6.45, 7) is 7.93. The average molecular weight is 543 g/mol. The van der Waals surface area contributed by atoms with Crippen LogP contribution in [0.15, 0.2) is 60.7 Å². The van der Waals surface area contributed by atoms with Gasteiger partial charge < -0.3 is 14.2 Å². The van der Waals surface area contributed by atoms with Gasteiger partial charge in [-0.05, 0) is 56.0 Å². The summed E-state index contributed by atoms with van der Waals surface area (Å²) < 4.78 is 17.8. The van der Waals surface area contributed by atoms with Gasteiger partial charge in [0.25, 0.3) is 0 Å². The maximum atomic E-state index is 13.2. The van der Waals surface area contributed by atoms with Crippen LogP contribution in [0.1, 0.15) is 103 Å². The first kappa shape index (κ1) is 29.1. The lowest BCUT2D eigenvalue weighted by atomic mass is 9.79. The second-order valence-electron chi connectivity index (χ2n) is 10.4. The van der Waals surface area contributed by atoms with Gasteiger partial charge in [0.15, 0.2) is 5.60 Å². The van der Waals surface area contributed by atoms with Gasteiger partial charge in [0.2, 0.25) is 0 Å². The Morgan fingerprint density at radius 3 is 1.73 bits per heavy atom. The minimum atomic E-state index is -1.32. The number of hydrogen-bond acceptors (Lipinski definition) is 6. The summed E-state index contributed by atoms with van der Waals surface area (Å²) >= 11 is 0. The highest BCUT2D eigenvalue weighted by Gasteiger charge is 2.49. The molecule has 0 N–H and O–H groups in total. The van der Waals surface area contributed by atoms with E-state index in [4.69, 9.17) is 14.2 Å². The summed E-state index contributed by atoms with van der Waals surface area (Å²) in [7, 11) is 0. The molecule has 6 nitrogen and oxygen atoms in total. The average Bonchev–Trinajstić information content (AvgIpc) is 3.24. The van der Waals surface area contributed by atoms with Crippen LogP contribution in [-0.2, 0) is 19.9 Å². The molecule has 0 bridgehead atoms. The van der Waals surface area contributed by atoms with E-state index in [2.05, 4.69) is 13.8 Å². The molecule has 3 aromatic carbocycles. The Balaban J connectivity index is 1.78. The molecule has 1 heterocycles. The van der Waals surface area contributed by atoms with Crippen molar-refractivity contribution in [3.05, 3.63) is 94.0 Å². The van der Waals surface area contributed by atoms with Crippen LogP contribution >= 0.6 is 0 Å². The molecule has 0 fully saturated rings. The molecular formula is C34H38O6. The zero-order valence-corrected chi connectivity index (χ0v) is 23.9. The van der Waals surface area contributed by atoms with E-state index in [1.54, 1.807) is 24.3 Å². The van der Waals surface area contributed by atoms with Crippen LogP contribution in [0, 0.1) is 13.8 Å². The van der Waals surface area contributed by atoms with E-state index in [0.717, 1.165) is 49.7 Å². The number of esters is 3. The molecule has 0 saturated carbocycles. The molecule has 6 heteroatoms. The normalized spacial score (nSPS) is 13.4. The van der Waals surface area contributed by atoms with Crippen molar-refractivity contribution in [3.8, 4) is 11.5 Å². The molecule has 0 radical (unpaired) electrons. The highest BCUT2D eigenvalue weighted by molar-refractivity contribution is 5.96. The van der Waals surface area contributed by atoms with E-state index in [1.165, 1.54) is 0 Å². The molecule has 40 heavy (non-hydrogen) atoms. The van der Waals surface area contributed by atoms with Crippen molar-refractivity contribution in [1.29, 1.82) is 0 Å². The van der Waals surface area contributed by atoms with E-state index >= 15 is 0 Å². The van der Waals surface area contributed by atoms with E-state index < -0.39 is 11.6 Å². The van der Waals surface area contributed by atoms with Gasteiger partial charge in [0.05, 0.1) is 5.56 Å². The maximum Gasteiger partial charge on any atom is 0.340 e. The summed E-state index contributed by atoms with van der Waals surface area (Å²) in [5.74, 6) is -0.187. The van der Waals surface area contributed by atoms with Gasteiger partial charge in [0.1, 0.15) is 11.5 Å². The number of ether oxygens (including phenoxy) is 3. The van der Waals surface area contributed by atoms with E-state index in [9.17, 15) is 14.4 Å². The second kappa shape index (κ2) is 12.9. The van der Waals surface area contributed by atoms with Gasteiger partial charge in [-0.15, -0.1) is 0 Å². The number of cyclic esters (lactones) is 1. The molecule has 0 saturated heterocycles. The number of rotatable bonds is 12.